The van der Waals surface area contributed by atoms with Gasteiger partial charge in [-0.1, -0.05) is 57.2 Å². The van der Waals surface area contributed by atoms with E-state index in [1.165, 1.54) is 0 Å². The summed E-state index contributed by atoms with van der Waals surface area (Å²) in [4.78, 5) is 31.8. The number of pyridine rings is 1. The molecule has 0 saturated carbocycles. The molecule has 1 saturated heterocycles. The van der Waals surface area contributed by atoms with Crippen molar-refractivity contribution in [3.63, 3.8) is 0 Å². The van der Waals surface area contributed by atoms with E-state index in [-0.39, 0.29) is 23.7 Å². The van der Waals surface area contributed by atoms with Gasteiger partial charge in [-0.3, -0.25) is 14.6 Å². The third-order valence-electron chi connectivity index (χ3n) is 5.39. The van der Waals surface area contributed by atoms with E-state index in [1.807, 2.05) is 54.6 Å². The van der Waals surface area contributed by atoms with Crippen LogP contribution in [0.15, 0.2) is 60.8 Å². The molecule has 2 amide bonds. The maximum atomic E-state index is 13.0. The highest BCUT2D eigenvalue weighted by molar-refractivity contribution is 6.07. The normalized spacial score (nSPS) is 17.0. The molecule has 5 nitrogen and oxygen atoms in total. The zero-order valence-corrected chi connectivity index (χ0v) is 17.0. The van der Waals surface area contributed by atoms with E-state index in [0.717, 1.165) is 27.8 Å². The van der Waals surface area contributed by atoms with E-state index in [4.69, 9.17) is 0 Å². The first-order valence-corrected chi connectivity index (χ1v) is 9.89. The van der Waals surface area contributed by atoms with Crippen molar-refractivity contribution < 1.29 is 9.59 Å². The van der Waals surface area contributed by atoms with E-state index in [9.17, 15) is 9.59 Å². The van der Waals surface area contributed by atoms with E-state index in [1.54, 1.807) is 11.1 Å². The van der Waals surface area contributed by atoms with Gasteiger partial charge in [0, 0.05) is 30.2 Å². The van der Waals surface area contributed by atoms with Crippen molar-refractivity contribution in [2.24, 2.45) is 5.92 Å². The van der Waals surface area contributed by atoms with Gasteiger partial charge < -0.3 is 10.2 Å². The second-order valence-electron chi connectivity index (χ2n) is 8.54. The summed E-state index contributed by atoms with van der Waals surface area (Å²) in [7, 11) is 0. The maximum Gasteiger partial charge on any atom is 0.229 e. The number of carbonyl (C=O) groups excluding carboxylic acids is 2. The molecular weight excluding hydrogens is 362 g/mol. The van der Waals surface area contributed by atoms with Gasteiger partial charge in [0.15, 0.2) is 0 Å². The lowest BCUT2D eigenvalue weighted by Gasteiger charge is -2.23. The number of hydrogen-bond acceptors (Lipinski definition) is 3. The molecule has 0 radical (unpaired) electrons. The van der Waals surface area contributed by atoms with Crippen molar-refractivity contribution in [1.29, 1.82) is 0 Å². The largest absolute Gasteiger partial charge is 0.326 e. The topological polar surface area (TPSA) is 62.3 Å². The monoisotopic (exact) mass is 387 g/mol. The fraction of sp³-hybridized carbons (Fsp3) is 0.292. The molecule has 2 aromatic carbocycles. The zero-order valence-electron chi connectivity index (χ0n) is 17.0. The minimum absolute atomic E-state index is 0.0487. The van der Waals surface area contributed by atoms with Crippen molar-refractivity contribution >= 4 is 34.1 Å². The first-order chi connectivity index (χ1) is 13.8. The molecule has 1 unspecified atom stereocenters. The van der Waals surface area contributed by atoms with Crippen LogP contribution in [0, 0.1) is 5.92 Å². The number of nitrogens with zero attached hydrogens (tertiary/aromatic N) is 2. The molecule has 5 heteroatoms. The lowest BCUT2D eigenvalue weighted by atomic mass is 9.85. The van der Waals surface area contributed by atoms with Crippen molar-refractivity contribution in [2.75, 3.05) is 16.8 Å². The summed E-state index contributed by atoms with van der Waals surface area (Å²) in [6.07, 6.45) is 1.92. The van der Waals surface area contributed by atoms with Crippen LogP contribution in [0.5, 0.6) is 0 Å². The molecule has 148 valence electrons. The number of nitrogens with one attached hydrogen (secondary N) is 1. The Labute approximate surface area is 170 Å². The van der Waals surface area contributed by atoms with Crippen LogP contribution in [0.1, 0.15) is 32.8 Å². The second kappa shape index (κ2) is 7.32. The predicted molar refractivity (Wildman–Crippen MR) is 116 cm³/mol. The van der Waals surface area contributed by atoms with Gasteiger partial charge in [0.1, 0.15) is 0 Å². The summed E-state index contributed by atoms with van der Waals surface area (Å²) >= 11 is 0. The van der Waals surface area contributed by atoms with Gasteiger partial charge >= 0.3 is 0 Å². The van der Waals surface area contributed by atoms with Gasteiger partial charge in [0.25, 0.3) is 0 Å². The number of fused-ring (bicyclic) bond motifs is 1. The number of hydrogen-bond donors (Lipinski definition) is 1. The SMILES string of the molecule is CC(C)(C)c1ccccc1NC(=O)C1CC(=O)N(c2cccc3cccnc23)C1. The summed E-state index contributed by atoms with van der Waals surface area (Å²) in [5.74, 6) is -0.562. The van der Waals surface area contributed by atoms with Crippen LogP contribution in [-0.4, -0.2) is 23.3 Å². The lowest BCUT2D eigenvalue weighted by Crippen LogP contribution is -2.29. The molecule has 2 heterocycles. The van der Waals surface area contributed by atoms with Crippen LogP contribution in [0.4, 0.5) is 11.4 Å². The van der Waals surface area contributed by atoms with Gasteiger partial charge in [-0.15, -0.1) is 0 Å². The van der Waals surface area contributed by atoms with Crippen LogP contribution in [-0.2, 0) is 15.0 Å². The highest BCUT2D eigenvalue weighted by Gasteiger charge is 2.36. The van der Waals surface area contributed by atoms with Gasteiger partial charge in [-0.25, -0.2) is 0 Å². The quantitative estimate of drug-likeness (QED) is 0.718. The first kappa shape index (κ1) is 19.1. The number of carbonyl (C=O) groups is 2. The number of anilines is 2. The third kappa shape index (κ3) is 3.73. The minimum Gasteiger partial charge on any atom is -0.326 e. The van der Waals surface area contributed by atoms with Crippen LogP contribution in [0.3, 0.4) is 0 Å². The number of benzene rings is 2. The fourth-order valence-corrected chi connectivity index (χ4v) is 3.90. The van der Waals surface area contributed by atoms with Crippen LogP contribution >= 0.6 is 0 Å². The summed E-state index contributed by atoms with van der Waals surface area (Å²) in [6.45, 7) is 6.71. The van der Waals surface area contributed by atoms with Crippen LogP contribution in [0.25, 0.3) is 10.9 Å². The lowest BCUT2D eigenvalue weighted by molar-refractivity contribution is -0.122. The smallest absolute Gasteiger partial charge is 0.229 e. The summed E-state index contributed by atoms with van der Waals surface area (Å²) in [5, 5.41) is 4.03. The van der Waals surface area contributed by atoms with E-state index in [2.05, 4.69) is 31.1 Å². The first-order valence-electron chi connectivity index (χ1n) is 9.89. The average molecular weight is 387 g/mol. The number of amides is 2. The molecule has 29 heavy (non-hydrogen) atoms. The second-order valence-corrected chi connectivity index (χ2v) is 8.54. The van der Waals surface area contributed by atoms with Gasteiger partial charge in [0.05, 0.1) is 17.1 Å². The fourth-order valence-electron chi connectivity index (χ4n) is 3.90. The van der Waals surface area contributed by atoms with Crippen molar-refractivity contribution in [1.82, 2.24) is 4.98 Å². The molecule has 0 spiro atoms. The average Bonchev–Trinajstić information content (AvgIpc) is 3.09. The zero-order chi connectivity index (χ0) is 20.6. The predicted octanol–water partition coefficient (Wildman–Crippen LogP) is 4.52. The van der Waals surface area contributed by atoms with Gasteiger partial charge in [-0.2, -0.15) is 0 Å². The summed E-state index contributed by atoms with van der Waals surface area (Å²) < 4.78 is 0. The Morgan fingerprint density at radius 3 is 2.62 bits per heavy atom. The molecule has 1 N–H and O–H groups in total. The Bertz CT molecular complexity index is 1080. The Balaban J connectivity index is 1.57. The number of aromatic nitrogens is 1. The molecule has 0 aliphatic carbocycles. The van der Waals surface area contributed by atoms with Crippen LogP contribution in [0.2, 0.25) is 0 Å². The summed E-state index contributed by atoms with van der Waals surface area (Å²) in [6, 6.07) is 17.5. The number of rotatable bonds is 3. The highest BCUT2D eigenvalue weighted by Crippen LogP contribution is 2.33. The van der Waals surface area contributed by atoms with E-state index in [0.29, 0.717) is 6.54 Å². The van der Waals surface area contributed by atoms with Crippen molar-refractivity contribution in [2.45, 2.75) is 32.6 Å². The van der Waals surface area contributed by atoms with Crippen molar-refractivity contribution in [3.8, 4) is 0 Å². The molecule has 1 aromatic heterocycles. The van der Waals surface area contributed by atoms with Gasteiger partial charge in [0.2, 0.25) is 11.8 Å². The molecule has 1 fully saturated rings. The Morgan fingerprint density at radius 1 is 1.07 bits per heavy atom. The maximum absolute atomic E-state index is 13.0. The number of para-hydroxylation sites is 2. The highest BCUT2D eigenvalue weighted by atomic mass is 16.2. The van der Waals surface area contributed by atoms with E-state index < -0.39 is 5.92 Å². The molecule has 4 rings (SSSR count). The molecular formula is C24H25N3O2. The minimum atomic E-state index is -0.394. The summed E-state index contributed by atoms with van der Waals surface area (Å²) in [5.41, 5.74) is 3.34. The Kier molecular flexibility index (Phi) is 4.82. The standard InChI is InChI=1S/C24H25N3O2/c1-24(2,3)18-10-4-5-11-19(18)26-23(29)17-14-21(28)27(15-17)20-12-6-8-16-9-7-13-25-22(16)20/h4-13,17H,14-15H2,1-3H3,(H,26,29). The molecule has 3 aromatic rings. The molecule has 1 atom stereocenters. The third-order valence-corrected chi connectivity index (χ3v) is 5.39. The van der Waals surface area contributed by atoms with Crippen molar-refractivity contribution in [3.05, 3.63) is 66.4 Å². The van der Waals surface area contributed by atoms with Gasteiger partial charge in [-0.05, 0) is 29.2 Å². The Hall–Kier alpha value is -3.21. The van der Waals surface area contributed by atoms with E-state index >= 15 is 0 Å². The molecule has 1 aliphatic heterocycles. The molecule has 0 bridgehead atoms. The molecule has 1 aliphatic rings. The Morgan fingerprint density at radius 2 is 1.83 bits per heavy atom. The van der Waals surface area contributed by atoms with Crippen LogP contribution < -0.4 is 10.2 Å².